The highest BCUT2D eigenvalue weighted by Crippen LogP contribution is 2.19. The van der Waals surface area contributed by atoms with Crippen molar-refractivity contribution >= 4 is 5.97 Å². The first-order chi connectivity index (χ1) is 12.1. The zero-order valence-electron chi connectivity index (χ0n) is 14.9. The monoisotopic (exact) mass is 344 g/mol. The Morgan fingerprint density at radius 2 is 1.76 bits per heavy atom. The van der Waals surface area contributed by atoms with Gasteiger partial charge in [-0.25, -0.2) is 4.79 Å². The molecule has 0 fully saturated rings. The highest BCUT2D eigenvalue weighted by atomic mass is 16.6. The molecule has 134 valence electrons. The quantitative estimate of drug-likeness (QED) is 0.508. The molecular weight excluding hydrogens is 320 g/mol. The lowest BCUT2D eigenvalue weighted by Gasteiger charge is -2.13. The molecule has 1 atom stereocenters. The normalized spacial score (nSPS) is 11.6. The summed E-state index contributed by atoms with van der Waals surface area (Å²) >= 11 is 0. The summed E-state index contributed by atoms with van der Waals surface area (Å²) < 4.78 is 21.6. The third-order valence-electron chi connectivity index (χ3n) is 3.48. The predicted molar refractivity (Wildman–Crippen MR) is 95.1 cm³/mol. The molecule has 0 N–H and O–H groups in total. The molecule has 5 nitrogen and oxygen atoms in total. The van der Waals surface area contributed by atoms with E-state index < -0.39 is 12.1 Å². The predicted octanol–water partition coefficient (Wildman–Crippen LogP) is 3.99. The van der Waals surface area contributed by atoms with Gasteiger partial charge in [0.25, 0.3) is 0 Å². The fraction of sp³-hybridized carbons (Fsp3) is 0.350. The number of carbonyl (C=O) groups excluding carboxylic acids is 1. The zero-order valence-corrected chi connectivity index (χ0v) is 14.9. The minimum absolute atomic E-state index is 0.303. The molecule has 0 spiro atoms. The van der Waals surface area contributed by atoms with Crippen molar-refractivity contribution in [1.29, 1.82) is 0 Å². The van der Waals surface area contributed by atoms with Gasteiger partial charge in [-0.15, -0.1) is 0 Å². The Morgan fingerprint density at radius 1 is 1.04 bits per heavy atom. The Balaban J connectivity index is 1.83. The molecule has 2 aromatic rings. The van der Waals surface area contributed by atoms with Gasteiger partial charge in [-0.1, -0.05) is 19.1 Å². The maximum absolute atomic E-state index is 12.1. The smallest absolute Gasteiger partial charge is 0.340 e. The fourth-order valence-electron chi connectivity index (χ4n) is 2.07. The fourth-order valence-corrected chi connectivity index (χ4v) is 2.07. The molecule has 0 radical (unpaired) electrons. The highest BCUT2D eigenvalue weighted by Gasteiger charge is 2.16. The number of ether oxygens (including phenoxy) is 4. The van der Waals surface area contributed by atoms with Crippen molar-refractivity contribution in [2.45, 2.75) is 33.0 Å². The van der Waals surface area contributed by atoms with Gasteiger partial charge >= 0.3 is 5.97 Å². The minimum Gasteiger partial charge on any atom is -0.497 e. The van der Waals surface area contributed by atoms with Crippen LogP contribution in [0.1, 0.15) is 25.8 Å². The number of rotatable bonds is 9. The van der Waals surface area contributed by atoms with Crippen LogP contribution in [-0.4, -0.2) is 25.8 Å². The number of hydrogen-bond acceptors (Lipinski definition) is 5. The lowest BCUT2D eigenvalue weighted by atomic mass is 10.2. The molecule has 0 saturated heterocycles. The second-order valence-electron chi connectivity index (χ2n) is 5.55. The SMILES string of the molecule is CCCOc1ccc(OC(=O)C(C)OCc2cccc(OC)c2)cc1. The maximum atomic E-state index is 12.1. The van der Waals surface area contributed by atoms with E-state index in [4.69, 9.17) is 18.9 Å². The Hall–Kier alpha value is -2.53. The first-order valence-corrected chi connectivity index (χ1v) is 8.31. The summed E-state index contributed by atoms with van der Waals surface area (Å²) in [6.45, 7) is 4.68. The Labute approximate surface area is 148 Å². The van der Waals surface area contributed by atoms with Crippen LogP contribution >= 0.6 is 0 Å². The van der Waals surface area contributed by atoms with Crippen LogP contribution in [-0.2, 0) is 16.1 Å². The van der Waals surface area contributed by atoms with Crippen molar-refractivity contribution in [1.82, 2.24) is 0 Å². The molecule has 1 unspecified atom stereocenters. The number of carbonyl (C=O) groups is 1. The molecule has 25 heavy (non-hydrogen) atoms. The van der Waals surface area contributed by atoms with E-state index in [1.807, 2.05) is 31.2 Å². The van der Waals surface area contributed by atoms with Crippen LogP contribution in [0.4, 0.5) is 0 Å². The van der Waals surface area contributed by atoms with Crippen LogP contribution in [0.25, 0.3) is 0 Å². The van der Waals surface area contributed by atoms with Gasteiger partial charge in [0.15, 0.2) is 6.10 Å². The van der Waals surface area contributed by atoms with E-state index in [1.165, 1.54) is 0 Å². The molecule has 0 heterocycles. The second kappa shape index (κ2) is 9.69. The standard InChI is InChI=1S/C20H24O5/c1-4-12-23-17-8-10-18(11-9-17)25-20(21)15(2)24-14-16-6-5-7-19(13-16)22-3/h5-11,13,15H,4,12,14H2,1-3H3. The molecule has 0 aromatic heterocycles. The van der Waals surface area contributed by atoms with Gasteiger partial charge in [-0.3, -0.25) is 0 Å². The van der Waals surface area contributed by atoms with Crippen LogP contribution in [0.5, 0.6) is 17.2 Å². The maximum Gasteiger partial charge on any atom is 0.340 e. The first kappa shape index (κ1) is 18.8. The van der Waals surface area contributed by atoms with Gasteiger partial charge in [0.1, 0.15) is 17.2 Å². The lowest BCUT2D eigenvalue weighted by molar-refractivity contribution is -0.147. The van der Waals surface area contributed by atoms with E-state index in [1.54, 1.807) is 38.3 Å². The van der Waals surface area contributed by atoms with Crippen LogP contribution in [0, 0.1) is 0 Å². The van der Waals surface area contributed by atoms with E-state index in [2.05, 4.69) is 0 Å². The number of esters is 1. The van der Waals surface area contributed by atoms with Gasteiger partial charge < -0.3 is 18.9 Å². The number of methoxy groups -OCH3 is 1. The second-order valence-corrected chi connectivity index (χ2v) is 5.55. The summed E-state index contributed by atoms with van der Waals surface area (Å²) in [5, 5.41) is 0. The van der Waals surface area contributed by atoms with Crippen LogP contribution in [0.3, 0.4) is 0 Å². The topological polar surface area (TPSA) is 54.0 Å². The van der Waals surface area contributed by atoms with Crippen molar-refractivity contribution in [3.05, 3.63) is 54.1 Å². The molecule has 0 amide bonds. The average molecular weight is 344 g/mol. The summed E-state index contributed by atoms with van der Waals surface area (Å²) in [6.07, 6.45) is 0.265. The van der Waals surface area contributed by atoms with Crippen LogP contribution in [0.15, 0.2) is 48.5 Å². The van der Waals surface area contributed by atoms with Gasteiger partial charge in [0, 0.05) is 0 Å². The zero-order chi connectivity index (χ0) is 18.1. The molecule has 0 bridgehead atoms. The summed E-state index contributed by atoms with van der Waals surface area (Å²) in [4.78, 5) is 12.1. The van der Waals surface area contributed by atoms with Gasteiger partial charge in [-0.2, -0.15) is 0 Å². The molecule has 2 rings (SSSR count). The van der Waals surface area contributed by atoms with Crippen molar-refractivity contribution in [3.8, 4) is 17.2 Å². The van der Waals surface area contributed by atoms with Crippen molar-refractivity contribution in [2.24, 2.45) is 0 Å². The number of benzene rings is 2. The molecule has 5 heteroatoms. The molecule has 0 aliphatic heterocycles. The van der Waals surface area contributed by atoms with Gasteiger partial charge in [0.05, 0.1) is 20.3 Å². The van der Waals surface area contributed by atoms with E-state index >= 15 is 0 Å². The van der Waals surface area contributed by atoms with Crippen LogP contribution in [0.2, 0.25) is 0 Å². The van der Waals surface area contributed by atoms with Crippen LogP contribution < -0.4 is 14.2 Å². The van der Waals surface area contributed by atoms with E-state index in [0.717, 1.165) is 23.5 Å². The molecule has 2 aromatic carbocycles. The Morgan fingerprint density at radius 3 is 2.44 bits per heavy atom. The average Bonchev–Trinajstić information content (AvgIpc) is 2.65. The molecule has 0 saturated carbocycles. The third kappa shape index (κ3) is 6.12. The molecule has 0 aliphatic rings. The van der Waals surface area contributed by atoms with Gasteiger partial charge in [0.2, 0.25) is 0 Å². The van der Waals surface area contributed by atoms with E-state index in [9.17, 15) is 4.79 Å². The summed E-state index contributed by atoms with van der Waals surface area (Å²) in [6, 6.07) is 14.5. The van der Waals surface area contributed by atoms with Gasteiger partial charge in [-0.05, 0) is 55.3 Å². The Bertz CT molecular complexity index is 666. The number of hydrogen-bond donors (Lipinski definition) is 0. The van der Waals surface area contributed by atoms with Crippen molar-refractivity contribution in [3.63, 3.8) is 0 Å². The Kier molecular flexibility index (Phi) is 7.29. The minimum atomic E-state index is -0.679. The van der Waals surface area contributed by atoms with Crippen molar-refractivity contribution < 1.29 is 23.7 Å². The molecular formula is C20H24O5. The van der Waals surface area contributed by atoms with E-state index in [0.29, 0.717) is 19.0 Å². The van der Waals surface area contributed by atoms with Crippen molar-refractivity contribution in [2.75, 3.05) is 13.7 Å². The highest BCUT2D eigenvalue weighted by molar-refractivity contribution is 5.76. The molecule has 0 aliphatic carbocycles. The summed E-state index contributed by atoms with van der Waals surface area (Å²) in [5.74, 6) is 1.53. The lowest BCUT2D eigenvalue weighted by Crippen LogP contribution is -2.25. The van der Waals surface area contributed by atoms with E-state index in [-0.39, 0.29) is 0 Å². The third-order valence-corrected chi connectivity index (χ3v) is 3.48. The first-order valence-electron chi connectivity index (χ1n) is 8.31. The largest absolute Gasteiger partial charge is 0.497 e. The summed E-state index contributed by atoms with van der Waals surface area (Å²) in [5.41, 5.74) is 0.927. The summed E-state index contributed by atoms with van der Waals surface area (Å²) in [7, 11) is 1.61.